The summed E-state index contributed by atoms with van der Waals surface area (Å²) < 4.78 is 0. The van der Waals surface area contributed by atoms with Crippen molar-refractivity contribution in [3.63, 3.8) is 0 Å². The quantitative estimate of drug-likeness (QED) is 0.612. The second-order valence-electron chi connectivity index (χ2n) is 5.64. The molecule has 0 saturated heterocycles. The summed E-state index contributed by atoms with van der Waals surface area (Å²) >= 11 is 12.4. The average Bonchev–Trinajstić information content (AvgIpc) is 2.47. The van der Waals surface area contributed by atoms with Crippen LogP contribution in [0.2, 0.25) is 10.0 Å². The summed E-state index contributed by atoms with van der Waals surface area (Å²) in [6, 6.07) is 7.13. The molecule has 120 valence electrons. The largest absolute Gasteiger partial charge is 0.302 e. The van der Waals surface area contributed by atoms with Crippen LogP contribution in [0, 0.1) is 27.4 Å². The number of hydrogen-bond acceptors (Lipinski definition) is 4. The first kappa shape index (κ1) is 17.5. The zero-order chi connectivity index (χ0) is 17.2. The van der Waals surface area contributed by atoms with Crippen molar-refractivity contribution in [1.29, 1.82) is 5.26 Å². The van der Waals surface area contributed by atoms with E-state index in [2.05, 4.69) is 0 Å². The third kappa shape index (κ3) is 3.25. The standard InChI is InChI=1S/C16H15Cl2N3O2/c1-20(2)10-16(21(22)23)7-6-11(8-12(16)9-19)15-13(17)4-3-5-14(15)18/h3-8,12H,10H2,1-2H3. The fourth-order valence-corrected chi connectivity index (χ4v) is 3.31. The molecule has 7 heteroatoms. The summed E-state index contributed by atoms with van der Waals surface area (Å²) in [4.78, 5) is 12.9. The number of nitriles is 1. The van der Waals surface area contributed by atoms with Crippen LogP contribution in [0.25, 0.3) is 5.57 Å². The molecule has 0 aliphatic heterocycles. The lowest BCUT2D eigenvalue weighted by Crippen LogP contribution is -2.51. The summed E-state index contributed by atoms with van der Waals surface area (Å²) in [6.07, 6.45) is 4.66. The molecule has 0 spiro atoms. The Morgan fingerprint density at radius 1 is 1.39 bits per heavy atom. The Bertz CT molecular complexity index is 717. The first-order valence-electron chi connectivity index (χ1n) is 6.86. The fraction of sp³-hybridized carbons (Fsp3) is 0.312. The van der Waals surface area contributed by atoms with Crippen LogP contribution in [0.3, 0.4) is 0 Å². The molecular formula is C16H15Cl2N3O2. The SMILES string of the molecule is CN(C)CC1([N+](=O)[O-])C=CC(c2c(Cl)cccc2Cl)=CC1C#N. The molecule has 1 aliphatic rings. The van der Waals surface area contributed by atoms with Crippen molar-refractivity contribution >= 4 is 28.8 Å². The van der Waals surface area contributed by atoms with Gasteiger partial charge in [-0.2, -0.15) is 5.26 Å². The molecule has 1 aromatic rings. The van der Waals surface area contributed by atoms with E-state index in [1.165, 1.54) is 6.08 Å². The average molecular weight is 352 g/mol. The predicted molar refractivity (Wildman–Crippen MR) is 91.0 cm³/mol. The minimum absolute atomic E-state index is 0.120. The van der Waals surface area contributed by atoms with E-state index in [9.17, 15) is 15.4 Å². The molecule has 2 rings (SSSR count). The van der Waals surface area contributed by atoms with Gasteiger partial charge in [-0.15, -0.1) is 0 Å². The van der Waals surface area contributed by atoms with Crippen molar-refractivity contribution in [3.8, 4) is 6.07 Å². The van der Waals surface area contributed by atoms with Crippen molar-refractivity contribution in [1.82, 2.24) is 4.90 Å². The van der Waals surface area contributed by atoms with E-state index in [0.29, 0.717) is 21.2 Å². The van der Waals surface area contributed by atoms with Gasteiger partial charge in [-0.25, -0.2) is 0 Å². The molecule has 0 N–H and O–H groups in total. The minimum Gasteiger partial charge on any atom is -0.302 e. The van der Waals surface area contributed by atoms with E-state index in [1.807, 2.05) is 6.07 Å². The molecule has 0 aromatic heterocycles. The van der Waals surface area contributed by atoms with Crippen molar-refractivity contribution in [3.05, 3.63) is 62.2 Å². The van der Waals surface area contributed by atoms with Crippen LogP contribution in [-0.2, 0) is 0 Å². The summed E-state index contributed by atoms with van der Waals surface area (Å²) in [6.45, 7) is 0.120. The van der Waals surface area contributed by atoms with Crippen LogP contribution in [0.5, 0.6) is 0 Å². The first-order valence-corrected chi connectivity index (χ1v) is 7.61. The number of rotatable bonds is 4. The Morgan fingerprint density at radius 2 is 2.00 bits per heavy atom. The Morgan fingerprint density at radius 3 is 2.48 bits per heavy atom. The van der Waals surface area contributed by atoms with Crippen molar-refractivity contribution in [2.24, 2.45) is 5.92 Å². The molecular weight excluding hydrogens is 337 g/mol. The van der Waals surface area contributed by atoms with Crippen LogP contribution < -0.4 is 0 Å². The molecule has 0 saturated carbocycles. The maximum atomic E-state index is 11.7. The molecule has 0 radical (unpaired) electrons. The molecule has 1 aromatic carbocycles. The van der Waals surface area contributed by atoms with Crippen LogP contribution in [0.15, 0.2) is 36.4 Å². The lowest BCUT2D eigenvalue weighted by Gasteiger charge is -2.30. The van der Waals surface area contributed by atoms with Crippen LogP contribution >= 0.6 is 23.2 Å². The second-order valence-corrected chi connectivity index (χ2v) is 6.46. The smallest absolute Gasteiger partial charge is 0.272 e. The lowest BCUT2D eigenvalue weighted by molar-refractivity contribution is -0.560. The van der Waals surface area contributed by atoms with Gasteiger partial charge in [0.15, 0.2) is 0 Å². The van der Waals surface area contributed by atoms with E-state index in [0.717, 1.165) is 0 Å². The Balaban J connectivity index is 2.53. The van der Waals surface area contributed by atoms with Gasteiger partial charge in [0.25, 0.3) is 5.54 Å². The molecule has 2 unspecified atom stereocenters. The number of likely N-dealkylation sites (N-methyl/N-ethyl adjacent to an activating group) is 1. The van der Waals surface area contributed by atoms with E-state index in [-0.39, 0.29) is 6.54 Å². The number of nitro groups is 1. The lowest BCUT2D eigenvalue weighted by atomic mass is 9.78. The van der Waals surface area contributed by atoms with Gasteiger partial charge in [0, 0.05) is 20.5 Å². The fourth-order valence-electron chi connectivity index (χ4n) is 2.70. The highest BCUT2D eigenvalue weighted by atomic mass is 35.5. The normalized spacial score (nSPS) is 23.5. The number of benzene rings is 1. The van der Waals surface area contributed by atoms with E-state index in [1.54, 1.807) is 49.3 Å². The number of allylic oxidation sites excluding steroid dienone is 2. The summed E-state index contributed by atoms with van der Waals surface area (Å²) in [5, 5.41) is 22.0. The van der Waals surface area contributed by atoms with Crippen molar-refractivity contribution < 1.29 is 4.92 Å². The van der Waals surface area contributed by atoms with Gasteiger partial charge in [-0.05, 0) is 37.9 Å². The molecule has 23 heavy (non-hydrogen) atoms. The number of hydrogen-bond donors (Lipinski definition) is 0. The third-order valence-electron chi connectivity index (χ3n) is 3.74. The molecule has 0 fully saturated rings. The third-order valence-corrected chi connectivity index (χ3v) is 4.37. The van der Waals surface area contributed by atoms with Gasteiger partial charge >= 0.3 is 0 Å². The molecule has 1 aliphatic carbocycles. The number of halogens is 2. The van der Waals surface area contributed by atoms with E-state index >= 15 is 0 Å². The Labute approximate surface area is 144 Å². The van der Waals surface area contributed by atoms with Crippen molar-refractivity contribution in [2.45, 2.75) is 5.54 Å². The van der Waals surface area contributed by atoms with E-state index in [4.69, 9.17) is 23.2 Å². The highest BCUT2D eigenvalue weighted by Crippen LogP contribution is 2.38. The van der Waals surface area contributed by atoms with Crippen LogP contribution in [0.1, 0.15) is 5.56 Å². The Hall–Kier alpha value is -1.87. The summed E-state index contributed by atoms with van der Waals surface area (Å²) in [5.41, 5.74) is -0.298. The summed E-state index contributed by atoms with van der Waals surface area (Å²) in [7, 11) is 3.47. The van der Waals surface area contributed by atoms with Gasteiger partial charge in [-0.1, -0.05) is 41.4 Å². The zero-order valence-corrected chi connectivity index (χ0v) is 14.2. The number of nitrogens with zero attached hydrogens (tertiary/aromatic N) is 3. The predicted octanol–water partition coefficient (Wildman–Crippen LogP) is 3.66. The minimum atomic E-state index is -1.49. The zero-order valence-electron chi connectivity index (χ0n) is 12.7. The van der Waals surface area contributed by atoms with Gasteiger partial charge in [0.05, 0.1) is 12.6 Å². The molecule has 5 nitrogen and oxygen atoms in total. The van der Waals surface area contributed by atoms with E-state index < -0.39 is 16.4 Å². The molecule has 0 amide bonds. The summed E-state index contributed by atoms with van der Waals surface area (Å²) in [5.74, 6) is -0.924. The van der Waals surface area contributed by atoms with Gasteiger partial charge in [0.2, 0.25) is 0 Å². The van der Waals surface area contributed by atoms with Gasteiger partial charge < -0.3 is 4.90 Å². The Kier molecular flexibility index (Phi) is 5.10. The second kappa shape index (κ2) is 6.71. The highest BCUT2D eigenvalue weighted by molar-refractivity contribution is 6.37. The molecule has 0 heterocycles. The molecule has 0 bridgehead atoms. The highest BCUT2D eigenvalue weighted by Gasteiger charge is 2.50. The van der Waals surface area contributed by atoms with Crippen molar-refractivity contribution in [2.75, 3.05) is 20.6 Å². The van der Waals surface area contributed by atoms with Gasteiger partial charge in [0.1, 0.15) is 5.92 Å². The molecule has 2 atom stereocenters. The van der Waals surface area contributed by atoms with Crippen LogP contribution in [0.4, 0.5) is 0 Å². The van der Waals surface area contributed by atoms with Crippen LogP contribution in [-0.4, -0.2) is 36.0 Å². The topological polar surface area (TPSA) is 70.2 Å². The maximum Gasteiger partial charge on any atom is 0.272 e. The monoisotopic (exact) mass is 351 g/mol. The maximum absolute atomic E-state index is 11.7. The first-order chi connectivity index (χ1) is 10.8. The van der Waals surface area contributed by atoms with Gasteiger partial charge in [-0.3, -0.25) is 10.1 Å².